The largest absolute Gasteiger partial charge is 0.508 e. The van der Waals surface area contributed by atoms with E-state index in [0.29, 0.717) is 26.8 Å². The van der Waals surface area contributed by atoms with Gasteiger partial charge in [0.25, 0.3) is 0 Å². The van der Waals surface area contributed by atoms with Crippen LogP contribution in [0.1, 0.15) is 21.9 Å². The van der Waals surface area contributed by atoms with E-state index >= 15 is 0 Å². The van der Waals surface area contributed by atoms with Gasteiger partial charge >= 0.3 is 4.87 Å². The maximum absolute atomic E-state index is 14.0. The number of aryl methyl sites for hydroxylation is 1. The van der Waals surface area contributed by atoms with Gasteiger partial charge < -0.3 is 10.4 Å². The fourth-order valence-electron chi connectivity index (χ4n) is 5.19. The van der Waals surface area contributed by atoms with Gasteiger partial charge in [-0.1, -0.05) is 76.1 Å². The second-order valence-corrected chi connectivity index (χ2v) is 12.7. The SMILES string of the molecule is Cc1ccc(N2C(=O)[C@H]3[C@H](c4cccc(Cl)c4Cl)c4sc(=O)n(CC(=O)Nc5ccc(O)cc5)c4S[C@H]3C2=O)cc1. The van der Waals surface area contributed by atoms with E-state index in [1.807, 2.05) is 19.1 Å². The van der Waals surface area contributed by atoms with Crippen LogP contribution in [0.2, 0.25) is 10.0 Å². The number of hydrogen-bond donors (Lipinski definition) is 2. The Bertz CT molecular complexity index is 1770. The summed E-state index contributed by atoms with van der Waals surface area (Å²) in [7, 11) is 0. The lowest BCUT2D eigenvalue weighted by Crippen LogP contribution is -2.33. The number of anilines is 2. The number of fused-ring (bicyclic) bond motifs is 2. The molecule has 2 N–H and O–H groups in total. The summed E-state index contributed by atoms with van der Waals surface area (Å²) in [5.41, 5.74) is 2.43. The van der Waals surface area contributed by atoms with Crippen LogP contribution in [0.15, 0.2) is 76.6 Å². The monoisotopic (exact) mass is 625 g/mol. The lowest BCUT2D eigenvalue weighted by atomic mass is 9.83. The Morgan fingerprint density at radius 3 is 2.39 bits per heavy atom. The molecule has 2 aliphatic rings. The van der Waals surface area contributed by atoms with Crippen molar-refractivity contribution in [3.8, 4) is 5.75 Å². The van der Waals surface area contributed by atoms with Crippen molar-refractivity contribution in [2.24, 2.45) is 5.92 Å². The third-order valence-corrected chi connectivity index (χ3v) is 10.5. The third kappa shape index (κ3) is 4.84. The van der Waals surface area contributed by atoms with Crippen LogP contribution in [0.4, 0.5) is 11.4 Å². The number of phenolic OH excluding ortho intramolecular Hbond substituents is 1. The van der Waals surface area contributed by atoms with Crippen molar-refractivity contribution in [3.63, 3.8) is 0 Å². The quantitative estimate of drug-likeness (QED) is 0.219. The molecule has 4 aromatic rings. The number of aromatic hydroxyl groups is 1. The Kier molecular flexibility index (Phi) is 7.19. The van der Waals surface area contributed by atoms with Gasteiger partial charge in [0.05, 0.1) is 26.7 Å². The molecule has 208 valence electrons. The zero-order valence-electron chi connectivity index (χ0n) is 21.3. The van der Waals surface area contributed by atoms with E-state index in [1.165, 1.54) is 33.7 Å². The molecular formula is C29H21Cl2N3O5S2. The van der Waals surface area contributed by atoms with Crippen LogP contribution < -0.4 is 15.1 Å². The Morgan fingerprint density at radius 1 is 0.976 bits per heavy atom. The van der Waals surface area contributed by atoms with Crippen LogP contribution in [0.5, 0.6) is 5.75 Å². The summed E-state index contributed by atoms with van der Waals surface area (Å²) < 4.78 is 1.33. The van der Waals surface area contributed by atoms with Gasteiger partial charge in [-0.15, -0.1) is 0 Å². The number of carbonyl (C=O) groups excluding carboxylic acids is 3. The van der Waals surface area contributed by atoms with E-state index in [0.717, 1.165) is 28.7 Å². The lowest BCUT2D eigenvalue weighted by Gasteiger charge is -2.31. The van der Waals surface area contributed by atoms with Gasteiger partial charge in [-0.2, -0.15) is 0 Å². The number of thiazole rings is 1. The average molecular weight is 627 g/mol. The highest BCUT2D eigenvalue weighted by Crippen LogP contribution is 2.55. The first-order chi connectivity index (χ1) is 19.6. The maximum atomic E-state index is 14.0. The predicted molar refractivity (Wildman–Crippen MR) is 160 cm³/mol. The normalized spacial score (nSPS) is 19.7. The fourth-order valence-corrected chi connectivity index (χ4v) is 8.38. The minimum Gasteiger partial charge on any atom is -0.508 e. The first-order valence-electron chi connectivity index (χ1n) is 12.5. The zero-order valence-corrected chi connectivity index (χ0v) is 24.5. The number of nitrogens with one attached hydrogen (secondary N) is 1. The van der Waals surface area contributed by atoms with E-state index in [-0.39, 0.29) is 28.2 Å². The molecule has 1 fully saturated rings. The molecule has 8 nitrogen and oxygen atoms in total. The van der Waals surface area contributed by atoms with Crippen molar-refractivity contribution >= 4 is 75.4 Å². The summed E-state index contributed by atoms with van der Waals surface area (Å²) in [6.45, 7) is 1.61. The van der Waals surface area contributed by atoms with Crippen LogP contribution in [-0.2, 0) is 20.9 Å². The Labute approximate surface area is 252 Å². The topological polar surface area (TPSA) is 109 Å². The standard InChI is InChI=1S/C29H21Cl2N3O5S2/c1-14-5-9-16(10-6-14)34-26(37)22-21(18-3-2-4-19(30)23(18)31)25-28(40-24(22)27(34)38)33(29(39)41-25)13-20(36)32-15-7-11-17(35)12-8-15/h2-12,21-22,24,35H,13H2,1H3,(H,32,36)/t21-,22-,24+/m0/s1. The number of carbonyl (C=O) groups is 3. The number of aromatic nitrogens is 1. The van der Waals surface area contributed by atoms with Gasteiger partial charge in [0, 0.05) is 16.5 Å². The minimum absolute atomic E-state index is 0.0539. The van der Waals surface area contributed by atoms with Gasteiger partial charge in [-0.3, -0.25) is 23.7 Å². The highest BCUT2D eigenvalue weighted by atomic mass is 35.5. The predicted octanol–water partition coefficient (Wildman–Crippen LogP) is 5.67. The molecule has 0 aliphatic carbocycles. The summed E-state index contributed by atoms with van der Waals surface area (Å²) in [6, 6.07) is 18.2. The summed E-state index contributed by atoms with van der Waals surface area (Å²) in [4.78, 5) is 55.4. The third-order valence-electron chi connectivity index (χ3n) is 7.11. The van der Waals surface area contributed by atoms with Crippen LogP contribution in [0, 0.1) is 12.8 Å². The minimum atomic E-state index is -0.850. The van der Waals surface area contributed by atoms with E-state index in [2.05, 4.69) is 5.32 Å². The number of nitrogens with zero attached hydrogens (tertiary/aromatic N) is 2. The molecule has 3 amide bonds. The molecule has 2 aliphatic heterocycles. The van der Waals surface area contributed by atoms with Crippen molar-refractivity contribution < 1.29 is 19.5 Å². The van der Waals surface area contributed by atoms with Crippen LogP contribution in [0.25, 0.3) is 0 Å². The van der Waals surface area contributed by atoms with E-state index < -0.39 is 33.8 Å². The fraction of sp³-hybridized carbons (Fsp3) is 0.172. The molecule has 12 heteroatoms. The Balaban J connectivity index is 1.43. The molecule has 6 rings (SSSR count). The van der Waals surface area contributed by atoms with Gasteiger partial charge in [-0.25, -0.2) is 4.90 Å². The summed E-state index contributed by atoms with van der Waals surface area (Å²) in [5, 5.41) is 12.3. The lowest BCUT2D eigenvalue weighted by molar-refractivity contribution is -0.122. The van der Waals surface area contributed by atoms with Crippen LogP contribution in [-0.4, -0.2) is 32.6 Å². The van der Waals surface area contributed by atoms with Crippen molar-refractivity contribution in [3.05, 3.63) is 102 Å². The molecule has 0 unspecified atom stereocenters. The number of benzene rings is 3. The molecule has 0 bridgehead atoms. The zero-order chi connectivity index (χ0) is 29.0. The summed E-state index contributed by atoms with van der Waals surface area (Å²) in [5.74, 6) is -2.77. The second kappa shape index (κ2) is 10.7. The number of rotatable bonds is 5. The molecule has 3 heterocycles. The molecular weight excluding hydrogens is 605 g/mol. The summed E-state index contributed by atoms with van der Waals surface area (Å²) in [6.07, 6.45) is 0. The molecule has 0 spiro atoms. The molecule has 3 aromatic carbocycles. The molecule has 1 saturated heterocycles. The number of thioether (sulfide) groups is 1. The van der Waals surface area contributed by atoms with E-state index in [4.69, 9.17) is 23.2 Å². The number of imide groups is 1. The number of phenols is 1. The Hall–Kier alpha value is -3.57. The maximum Gasteiger partial charge on any atom is 0.308 e. The first kappa shape index (κ1) is 27.6. The van der Waals surface area contributed by atoms with Gasteiger partial charge in [0.2, 0.25) is 17.7 Å². The van der Waals surface area contributed by atoms with Crippen molar-refractivity contribution in [2.75, 3.05) is 10.2 Å². The number of amides is 3. The van der Waals surface area contributed by atoms with Gasteiger partial charge in [0.15, 0.2) is 0 Å². The number of hydrogen-bond acceptors (Lipinski definition) is 7. The second-order valence-electron chi connectivity index (χ2n) is 9.75. The van der Waals surface area contributed by atoms with Crippen LogP contribution >= 0.6 is 46.3 Å². The van der Waals surface area contributed by atoms with Crippen LogP contribution in [0.3, 0.4) is 0 Å². The van der Waals surface area contributed by atoms with Gasteiger partial charge in [-0.05, 0) is 55.0 Å². The first-order valence-corrected chi connectivity index (χ1v) is 15.0. The average Bonchev–Trinajstić information content (AvgIpc) is 3.38. The van der Waals surface area contributed by atoms with Crippen molar-refractivity contribution in [2.45, 2.75) is 29.7 Å². The number of halogens is 2. The van der Waals surface area contributed by atoms with Gasteiger partial charge in [0.1, 0.15) is 17.5 Å². The molecule has 41 heavy (non-hydrogen) atoms. The molecule has 3 atom stereocenters. The Morgan fingerprint density at radius 2 is 1.68 bits per heavy atom. The van der Waals surface area contributed by atoms with E-state index in [1.54, 1.807) is 30.3 Å². The molecule has 0 radical (unpaired) electrons. The highest BCUT2D eigenvalue weighted by molar-refractivity contribution is 8.00. The molecule has 1 aromatic heterocycles. The van der Waals surface area contributed by atoms with E-state index in [9.17, 15) is 24.3 Å². The smallest absolute Gasteiger partial charge is 0.308 e. The molecule has 0 saturated carbocycles. The summed E-state index contributed by atoms with van der Waals surface area (Å²) >= 11 is 15.1. The highest BCUT2D eigenvalue weighted by Gasteiger charge is 2.57. The van der Waals surface area contributed by atoms with Crippen molar-refractivity contribution in [1.82, 2.24) is 4.57 Å². The van der Waals surface area contributed by atoms with Crippen molar-refractivity contribution in [1.29, 1.82) is 0 Å².